The second-order valence-electron chi connectivity index (χ2n) is 6.48. The smallest absolute Gasteiger partial charge is 0.240 e. The summed E-state index contributed by atoms with van der Waals surface area (Å²) in [5.41, 5.74) is 0.691. The molecule has 0 spiro atoms. The van der Waals surface area contributed by atoms with Crippen LogP contribution in [0.25, 0.3) is 0 Å². The third kappa shape index (κ3) is 3.78. The van der Waals surface area contributed by atoms with E-state index >= 15 is 0 Å². The van der Waals surface area contributed by atoms with Crippen LogP contribution in [0.2, 0.25) is 5.02 Å². The second-order valence-corrected chi connectivity index (χ2v) is 6.88. The number of rotatable bonds is 6. The summed E-state index contributed by atoms with van der Waals surface area (Å²) in [6.07, 6.45) is 1.93. The van der Waals surface area contributed by atoms with Crippen molar-refractivity contribution in [1.29, 1.82) is 0 Å². The molecular weight excluding hydrogens is 284 g/mol. The van der Waals surface area contributed by atoms with E-state index in [1.807, 2.05) is 31.2 Å². The van der Waals surface area contributed by atoms with Crippen LogP contribution in [0.1, 0.15) is 39.2 Å². The van der Waals surface area contributed by atoms with Crippen molar-refractivity contribution in [2.75, 3.05) is 13.1 Å². The van der Waals surface area contributed by atoms with Gasteiger partial charge >= 0.3 is 0 Å². The lowest BCUT2D eigenvalue weighted by Crippen LogP contribution is -2.65. The van der Waals surface area contributed by atoms with Gasteiger partial charge in [0.2, 0.25) is 5.91 Å². The maximum Gasteiger partial charge on any atom is 0.240 e. The van der Waals surface area contributed by atoms with E-state index in [4.69, 9.17) is 11.6 Å². The van der Waals surface area contributed by atoms with Crippen LogP contribution in [0.5, 0.6) is 0 Å². The van der Waals surface area contributed by atoms with Gasteiger partial charge in [-0.25, -0.2) is 0 Å². The van der Waals surface area contributed by atoms with Crippen LogP contribution in [0.15, 0.2) is 24.3 Å². The highest BCUT2D eigenvalue weighted by Crippen LogP contribution is 2.33. The number of nitrogens with one attached hydrogen (secondary N) is 1. The zero-order valence-electron chi connectivity index (χ0n) is 13.2. The first-order chi connectivity index (χ1) is 9.93. The van der Waals surface area contributed by atoms with Crippen LogP contribution in [0.4, 0.5) is 0 Å². The van der Waals surface area contributed by atoms with Crippen LogP contribution in [0, 0.1) is 5.92 Å². The van der Waals surface area contributed by atoms with Gasteiger partial charge in [0.25, 0.3) is 0 Å². The molecule has 1 heterocycles. The molecule has 4 heteroatoms. The summed E-state index contributed by atoms with van der Waals surface area (Å²) < 4.78 is 0. The molecule has 1 aliphatic rings. The fourth-order valence-electron chi connectivity index (χ4n) is 2.61. The molecule has 1 unspecified atom stereocenters. The first-order valence-corrected chi connectivity index (χ1v) is 8.08. The molecule has 1 N–H and O–H groups in total. The number of likely N-dealkylation sites (tertiary alicyclic amines) is 1. The molecule has 1 aliphatic heterocycles. The Kier molecular flexibility index (Phi) is 5.28. The Bertz CT molecular complexity index is 503. The number of halogens is 1. The standard InChI is InChI=1S/C17H25ClN2O/c1-13(2)8-10-19-16(21)17(3)9-11-20(17)12-14-6-4-5-7-15(14)18/h4-7,13H,8-12H2,1-3H3,(H,19,21). The number of carbonyl (C=O) groups is 1. The van der Waals surface area contributed by atoms with Crippen molar-refractivity contribution in [1.82, 2.24) is 10.2 Å². The third-order valence-corrected chi connectivity index (χ3v) is 4.75. The monoisotopic (exact) mass is 308 g/mol. The van der Waals surface area contributed by atoms with E-state index in [2.05, 4.69) is 24.1 Å². The summed E-state index contributed by atoms with van der Waals surface area (Å²) in [7, 11) is 0. The van der Waals surface area contributed by atoms with E-state index in [9.17, 15) is 4.79 Å². The van der Waals surface area contributed by atoms with Crippen molar-refractivity contribution >= 4 is 17.5 Å². The molecule has 0 aliphatic carbocycles. The predicted octanol–water partition coefficient (Wildman–Crippen LogP) is 3.47. The zero-order valence-corrected chi connectivity index (χ0v) is 13.9. The van der Waals surface area contributed by atoms with Crippen molar-refractivity contribution in [3.8, 4) is 0 Å². The molecule has 0 radical (unpaired) electrons. The summed E-state index contributed by atoms with van der Waals surface area (Å²) >= 11 is 6.21. The summed E-state index contributed by atoms with van der Waals surface area (Å²) in [5.74, 6) is 0.750. The summed E-state index contributed by atoms with van der Waals surface area (Å²) in [6.45, 7) is 8.79. The molecule has 1 atom stereocenters. The van der Waals surface area contributed by atoms with Crippen LogP contribution >= 0.6 is 11.6 Å². The predicted molar refractivity (Wildman–Crippen MR) is 87.3 cm³/mol. The molecule has 21 heavy (non-hydrogen) atoms. The number of hydrogen-bond acceptors (Lipinski definition) is 2. The summed E-state index contributed by atoms with van der Waals surface area (Å²) in [5, 5.41) is 3.84. The minimum atomic E-state index is -0.393. The van der Waals surface area contributed by atoms with Crippen molar-refractivity contribution in [2.24, 2.45) is 5.92 Å². The first-order valence-electron chi connectivity index (χ1n) is 7.70. The van der Waals surface area contributed by atoms with Gasteiger partial charge in [0.15, 0.2) is 0 Å². The Balaban J connectivity index is 1.93. The highest BCUT2D eigenvalue weighted by Gasteiger charge is 2.46. The molecule has 0 saturated carbocycles. The number of carbonyl (C=O) groups excluding carboxylic acids is 1. The lowest BCUT2D eigenvalue weighted by molar-refractivity contribution is -0.141. The van der Waals surface area contributed by atoms with Crippen molar-refractivity contribution in [2.45, 2.75) is 45.7 Å². The van der Waals surface area contributed by atoms with E-state index in [0.29, 0.717) is 5.92 Å². The van der Waals surface area contributed by atoms with Gasteiger partial charge in [-0.1, -0.05) is 43.6 Å². The van der Waals surface area contributed by atoms with E-state index in [0.717, 1.165) is 43.1 Å². The third-order valence-electron chi connectivity index (χ3n) is 4.38. The Labute approximate surface area is 132 Å². The molecule has 0 aromatic heterocycles. The normalized spacial score (nSPS) is 22.1. The first kappa shape index (κ1) is 16.3. The fourth-order valence-corrected chi connectivity index (χ4v) is 2.81. The highest BCUT2D eigenvalue weighted by atomic mass is 35.5. The van der Waals surface area contributed by atoms with Crippen molar-refractivity contribution in [3.05, 3.63) is 34.9 Å². The van der Waals surface area contributed by atoms with Crippen LogP contribution < -0.4 is 5.32 Å². The summed E-state index contributed by atoms with van der Waals surface area (Å²) in [4.78, 5) is 14.6. The van der Waals surface area contributed by atoms with Gasteiger partial charge < -0.3 is 5.32 Å². The topological polar surface area (TPSA) is 32.3 Å². The molecule has 2 rings (SSSR count). The number of hydrogen-bond donors (Lipinski definition) is 1. The average molecular weight is 309 g/mol. The lowest BCUT2D eigenvalue weighted by Gasteiger charge is -2.49. The average Bonchev–Trinajstić information content (AvgIpc) is 2.43. The number of benzene rings is 1. The number of amides is 1. The Hall–Kier alpha value is -1.06. The van der Waals surface area contributed by atoms with Gasteiger partial charge in [-0.05, 0) is 37.3 Å². The van der Waals surface area contributed by atoms with Gasteiger partial charge in [0.05, 0.1) is 5.54 Å². The molecular formula is C17H25ClN2O. The van der Waals surface area contributed by atoms with Gasteiger partial charge in [-0.2, -0.15) is 0 Å². The van der Waals surface area contributed by atoms with Gasteiger partial charge in [-0.15, -0.1) is 0 Å². The minimum Gasteiger partial charge on any atom is -0.354 e. The zero-order chi connectivity index (χ0) is 15.5. The highest BCUT2D eigenvalue weighted by molar-refractivity contribution is 6.31. The van der Waals surface area contributed by atoms with Crippen LogP contribution in [-0.2, 0) is 11.3 Å². The lowest BCUT2D eigenvalue weighted by atomic mass is 9.85. The van der Waals surface area contributed by atoms with Gasteiger partial charge in [-0.3, -0.25) is 9.69 Å². The van der Waals surface area contributed by atoms with Crippen LogP contribution in [-0.4, -0.2) is 29.4 Å². The minimum absolute atomic E-state index is 0.140. The second kappa shape index (κ2) is 6.80. The Morgan fingerprint density at radius 2 is 2.14 bits per heavy atom. The quantitative estimate of drug-likeness (QED) is 0.873. The maximum absolute atomic E-state index is 12.4. The molecule has 1 saturated heterocycles. The molecule has 1 aromatic rings. The van der Waals surface area contributed by atoms with E-state index < -0.39 is 5.54 Å². The van der Waals surface area contributed by atoms with E-state index in [1.165, 1.54) is 0 Å². The molecule has 1 aromatic carbocycles. The van der Waals surface area contributed by atoms with E-state index in [-0.39, 0.29) is 5.91 Å². The Morgan fingerprint density at radius 3 is 2.71 bits per heavy atom. The van der Waals surface area contributed by atoms with Crippen molar-refractivity contribution in [3.63, 3.8) is 0 Å². The molecule has 0 bridgehead atoms. The SMILES string of the molecule is CC(C)CCNC(=O)C1(C)CCN1Cc1ccccc1Cl. The molecule has 116 valence electrons. The maximum atomic E-state index is 12.4. The molecule has 1 amide bonds. The van der Waals surface area contributed by atoms with E-state index in [1.54, 1.807) is 0 Å². The summed E-state index contributed by atoms with van der Waals surface area (Å²) in [6, 6.07) is 7.84. The van der Waals surface area contributed by atoms with Gasteiger partial charge in [0, 0.05) is 24.7 Å². The van der Waals surface area contributed by atoms with Crippen molar-refractivity contribution < 1.29 is 4.79 Å². The Morgan fingerprint density at radius 1 is 1.43 bits per heavy atom. The fraction of sp³-hybridized carbons (Fsp3) is 0.588. The number of nitrogens with zero attached hydrogens (tertiary/aromatic N) is 1. The molecule has 1 fully saturated rings. The largest absolute Gasteiger partial charge is 0.354 e. The van der Waals surface area contributed by atoms with Crippen LogP contribution in [0.3, 0.4) is 0 Å². The molecule has 3 nitrogen and oxygen atoms in total. The van der Waals surface area contributed by atoms with Gasteiger partial charge in [0.1, 0.15) is 0 Å².